The third-order valence-electron chi connectivity index (χ3n) is 6.25. The first-order valence-corrected chi connectivity index (χ1v) is 11.8. The van der Waals surface area contributed by atoms with Crippen molar-refractivity contribution in [3.63, 3.8) is 0 Å². The number of hydrogen-bond acceptors (Lipinski definition) is 9. The van der Waals surface area contributed by atoms with E-state index in [4.69, 9.17) is 14.0 Å². The van der Waals surface area contributed by atoms with Crippen molar-refractivity contribution in [3.05, 3.63) is 87.7 Å². The van der Waals surface area contributed by atoms with Gasteiger partial charge in [0.1, 0.15) is 17.8 Å². The number of anilines is 1. The predicted octanol–water partition coefficient (Wildman–Crippen LogP) is 2.68. The van der Waals surface area contributed by atoms with Crippen LogP contribution in [0.25, 0.3) is 0 Å². The largest absolute Gasteiger partial charge is 0.489 e. The number of nitrogens with one attached hydrogen (secondary N) is 1. The molecule has 2 atom stereocenters. The smallest absolute Gasteiger partial charge is 0.296 e. The summed E-state index contributed by atoms with van der Waals surface area (Å²) in [6.45, 7) is 2.92. The summed E-state index contributed by atoms with van der Waals surface area (Å²) in [6.07, 6.45) is 6.19. The summed E-state index contributed by atoms with van der Waals surface area (Å²) in [7, 11) is 4.49. The highest BCUT2D eigenvalue weighted by Gasteiger charge is 2.31. The Bertz CT molecular complexity index is 1520. The Morgan fingerprint density at radius 3 is 2.74 bits per heavy atom. The van der Waals surface area contributed by atoms with Crippen LogP contribution >= 0.6 is 0 Å². The number of aromatic nitrogens is 5. The zero-order valence-electron chi connectivity index (χ0n) is 21.4. The van der Waals surface area contributed by atoms with Crippen molar-refractivity contribution in [2.75, 3.05) is 26.1 Å². The van der Waals surface area contributed by atoms with Gasteiger partial charge in [-0.05, 0) is 17.2 Å². The Morgan fingerprint density at radius 1 is 1.26 bits per heavy atom. The molecule has 12 heteroatoms. The van der Waals surface area contributed by atoms with Crippen LogP contribution in [0.5, 0.6) is 5.75 Å². The van der Waals surface area contributed by atoms with Gasteiger partial charge < -0.3 is 19.3 Å². The Morgan fingerprint density at radius 2 is 2.05 bits per heavy atom. The third-order valence-corrected chi connectivity index (χ3v) is 6.25. The summed E-state index contributed by atoms with van der Waals surface area (Å²) in [5.74, 6) is -1.40. The molecule has 4 rings (SSSR count). The average Bonchev–Trinajstić information content (AvgIpc) is 3.61. The standard InChI is InChI=1S/C26H27N7O5/c1-16(21(20-8-6-5-7-17(20)11-27)18-12-28-33(14-18)9-10-36-3)24-31-22(23(37-4)26(35)32(24)2)25(34)30-19-13-29-38-15-19/h5-8,12-16,21H,9-10H2,1-4H3,(H,30,34). The molecule has 0 saturated carbocycles. The van der Waals surface area contributed by atoms with E-state index in [2.05, 4.69) is 26.6 Å². The molecule has 1 N–H and O–H groups in total. The van der Waals surface area contributed by atoms with Crippen molar-refractivity contribution >= 4 is 11.6 Å². The zero-order chi connectivity index (χ0) is 27.2. The maximum Gasteiger partial charge on any atom is 0.296 e. The van der Waals surface area contributed by atoms with E-state index in [9.17, 15) is 14.9 Å². The van der Waals surface area contributed by atoms with E-state index >= 15 is 0 Å². The van der Waals surface area contributed by atoms with Gasteiger partial charge in [0.15, 0.2) is 5.69 Å². The summed E-state index contributed by atoms with van der Waals surface area (Å²) < 4.78 is 18.3. The van der Waals surface area contributed by atoms with E-state index in [1.165, 1.54) is 24.1 Å². The minimum absolute atomic E-state index is 0.179. The summed E-state index contributed by atoms with van der Waals surface area (Å²) >= 11 is 0. The minimum atomic E-state index is -0.655. The van der Waals surface area contributed by atoms with Crippen LogP contribution in [0, 0.1) is 11.3 Å². The van der Waals surface area contributed by atoms with Crippen LogP contribution in [-0.4, -0.2) is 51.2 Å². The summed E-state index contributed by atoms with van der Waals surface area (Å²) in [6, 6.07) is 9.51. The van der Waals surface area contributed by atoms with Crippen LogP contribution in [0.15, 0.2) is 58.4 Å². The lowest BCUT2D eigenvalue weighted by atomic mass is 9.80. The summed E-state index contributed by atoms with van der Waals surface area (Å²) in [5, 5.41) is 20.5. The molecule has 4 aromatic rings. The van der Waals surface area contributed by atoms with E-state index in [0.717, 1.165) is 11.1 Å². The van der Waals surface area contributed by atoms with Crippen molar-refractivity contribution in [3.8, 4) is 11.8 Å². The normalized spacial score (nSPS) is 12.5. The molecule has 3 heterocycles. The number of carbonyl (C=O) groups is 1. The SMILES string of the molecule is COCCn1cc(C(c2ccccc2C#N)C(C)c2nc(C(=O)Nc3cnoc3)c(OC)c(=O)n2C)cn1. The first-order valence-electron chi connectivity index (χ1n) is 11.8. The Labute approximate surface area is 218 Å². The molecule has 196 valence electrons. The van der Waals surface area contributed by atoms with Gasteiger partial charge in [-0.3, -0.25) is 18.8 Å². The van der Waals surface area contributed by atoms with Gasteiger partial charge in [-0.15, -0.1) is 0 Å². The van der Waals surface area contributed by atoms with Gasteiger partial charge in [0.05, 0.1) is 44.3 Å². The molecule has 38 heavy (non-hydrogen) atoms. The fourth-order valence-electron chi connectivity index (χ4n) is 4.40. The maximum atomic E-state index is 13.3. The Kier molecular flexibility index (Phi) is 7.98. The second-order valence-electron chi connectivity index (χ2n) is 8.58. The van der Waals surface area contributed by atoms with Crippen LogP contribution in [0.3, 0.4) is 0 Å². The highest BCUT2D eigenvalue weighted by Crippen LogP contribution is 2.39. The Hall–Kier alpha value is -4.76. The summed E-state index contributed by atoms with van der Waals surface area (Å²) in [4.78, 5) is 31.0. The maximum absolute atomic E-state index is 13.3. The average molecular weight is 518 g/mol. The number of carbonyl (C=O) groups excluding carboxylic acids is 1. The zero-order valence-corrected chi connectivity index (χ0v) is 21.4. The number of amides is 1. The number of benzene rings is 1. The lowest BCUT2D eigenvalue weighted by Gasteiger charge is -2.26. The van der Waals surface area contributed by atoms with E-state index in [0.29, 0.717) is 30.2 Å². The third kappa shape index (κ3) is 5.18. The number of nitriles is 1. The fraction of sp³-hybridized carbons (Fsp3) is 0.308. The lowest BCUT2D eigenvalue weighted by Crippen LogP contribution is -2.31. The van der Waals surface area contributed by atoms with Gasteiger partial charge in [0.2, 0.25) is 5.75 Å². The fourth-order valence-corrected chi connectivity index (χ4v) is 4.40. The number of ether oxygens (including phenoxy) is 2. The number of rotatable bonds is 10. The highest BCUT2D eigenvalue weighted by molar-refractivity contribution is 6.04. The molecule has 1 amide bonds. The number of nitrogens with zero attached hydrogens (tertiary/aromatic N) is 6. The molecule has 12 nitrogen and oxygen atoms in total. The predicted molar refractivity (Wildman–Crippen MR) is 136 cm³/mol. The van der Waals surface area contributed by atoms with Crippen molar-refractivity contribution in [1.82, 2.24) is 24.5 Å². The molecule has 0 spiro atoms. The topological polar surface area (TPSA) is 150 Å². The van der Waals surface area contributed by atoms with Crippen LogP contribution in [0.4, 0.5) is 5.69 Å². The van der Waals surface area contributed by atoms with E-state index in [1.54, 1.807) is 37.2 Å². The van der Waals surface area contributed by atoms with Gasteiger partial charge >= 0.3 is 0 Å². The number of methoxy groups -OCH3 is 2. The molecule has 0 fully saturated rings. The van der Waals surface area contributed by atoms with E-state index in [1.807, 2.05) is 25.3 Å². The van der Waals surface area contributed by atoms with Crippen LogP contribution in [-0.2, 0) is 18.3 Å². The highest BCUT2D eigenvalue weighted by atomic mass is 16.5. The van der Waals surface area contributed by atoms with Gasteiger partial charge in [0, 0.05) is 32.2 Å². The molecule has 0 saturated heterocycles. The van der Waals surface area contributed by atoms with E-state index in [-0.39, 0.29) is 11.4 Å². The molecule has 3 aromatic heterocycles. The molecule has 2 unspecified atom stereocenters. The van der Waals surface area contributed by atoms with Crippen molar-refractivity contribution in [1.29, 1.82) is 5.26 Å². The van der Waals surface area contributed by atoms with Gasteiger partial charge in [-0.2, -0.15) is 10.4 Å². The molecule has 0 radical (unpaired) electrons. The van der Waals surface area contributed by atoms with Crippen molar-refractivity contribution in [2.45, 2.75) is 25.3 Å². The second kappa shape index (κ2) is 11.5. The van der Waals surface area contributed by atoms with Crippen molar-refractivity contribution in [2.24, 2.45) is 7.05 Å². The lowest BCUT2D eigenvalue weighted by molar-refractivity contribution is 0.101. The monoisotopic (exact) mass is 517 g/mol. The summed E-state index contributed by atoms with van der Waals surface area (Å²) in [5.41, 5.74) is 1.65. The van der Waals surface area contributed by atoms with Gasteiger partial charge in [-0.25, -0.2) is 4.98 Å². The second-order valence-corrected chi connectivity index (χ2v) is 8.58. The first kappa shape index (κ1) is 26.3. The van der Waals surface area contributed by atoms with Crippen molar-refractivity contribution < 1.29 is 18.8 Å². The van der Waals surface area contributed by atoms with Crippen LogP contribution < -0.4 is 15.6 Å². The first-order chi connectivity index (χ1) is 18.4. The van der Waals surface area contributed by atoms with Crippen LogP contribution in [0.1, 0.15) is 51.8 Å². The molecule has 0 bridgehead atoms. The Balaban J connectivity index is 1.85. The molecule has 0 aliphatic rings. The minimum Gasteiger partial charge on any atom is -0.489 e. The van der Waals surface area contributed by atoms with Gasteiger partial charge in [-0.1, -0.05) is 30.3 Å². The molecule has 0 aliphatic heterocycles. The van der Waals surface area contributed by atoms with E-state index < -0.39 is 23.3 Å². The van der Waals surface area contributed by atoms with Gasteiger partial charge in [0.25, 0.3) is 11.5 Å². The number of hydrogen-bond donors (Lipinski definition) is 1. The van der Waals surface area contributed by atoms with Crippen LogP contribution in [0.2, 0.25) is 0 Å². The molecular formula is C26H27N7O5. The molecule has 0 aliphatic carbocycles. The quantitative estimate of drug-likeness (QED) is 0.335. The molecule has 1 aromatic carbocycles. The molecular weight excluding hydrogens is 490 g/mol.